The number of aromatic nitrogens is 2. The molecule has 0 saturated carbocycles. The minimum atomic E-state index is -0.869. The summed E-state index contributed by atoms with van der Waals surface area (Å²) in [5, 5.41) is 18.7. The fraction of sp³-hybridized carbons (Fsp3) is 0.227. The molecular formula is C22H22N2O4. The van der Waals surface area contributed by atoms with Gasteiger partial charge in [-0.3, -0.25) is 4.79 Å². The summed E-state index contributed by atoms with van der Waals surface area (Å²) in [6, 6.07) is 16.3. The van der Waals surface area contributed by atoms with Crippen LogP contribution in [0.5, 0.6) is 5.75 Å². The van der Waals surface area contributed by atoms with E-state index in [0.717, 1.165) is 11.1 Å². The number of nitrogens with zero attached hydrogens (tertiary/aromatic N) is 2. The first-order valence-electron chi connectivity index (χ1n) is 9.09. The van der Waals surface area contributed by atoms with Crippen molar-refractivity contribution in [1.29, 1.82) is 0 Å². The zero-order valence-corrected chi connectivity index (χ0v) is 15.6. The molecule has 3 aromatic rings. The smallest absolute Gasteiger partial charge is 0.311 e. The van der Waals surface area contributed by atoms with Crippen LogP contribution in [0.4, 0.5) is 0 Å². The second-order valence-electron chi connectivity index (χ2n) is 6.36. The van der Waals surface area contributed by atoms with Gasteiger partial charge in [-0.25, -0.2) is 9.97 Å². The molecule has 1 unspecified atom stereocenters. The van der Waals surface area contributed by atoms with E-state index in [1.54, 1.807) is 24.4 Å². The highest BCUT2D eigenvalue weighted by molar-refractivity contribution is 5.77. The van der Waals surface area contributed by atoms with Crippen LogP contribution in [0.15, 0.2) is 60.8 Å². The Morgan fingerprint density at radius 2 is 1.96 bits per heavy atom. The van der Waals surface area contributed by atoms with E-state index in [1.165, 1.54) is 0 Å². The lowest BCUT2D eigenvalue weighted by Gasteiger charge is -2.16. The Labute approximate surface area is 163 Å². The SMILES string of the molecule is CCC(C(=O)O)c1ccccc1OCc1ccnc(-c2cccc(CO)c2)n1. The Balaban J connectivity index is 1.80. The third-order valence-corrected chi connectivity index (χ3v) is 4.46. The number of carboxylic acids is 1. The molecule has 6 heteroatoms. The van der Waals surface area contributed by atoms with Crippen molar-refractivity contribution in [2.45, 2.75) is 32.5 Å². The van der Waals surface area contributed by atoms with Gasteiger partial charge in [0, 0.05) is 17.3 Å². The van der Waals surface area contributed by atoms with Crippen molar-refractivity contribution >= 4 is 5.97 Å². The van der Waals surface area contributed by atoms with Crippen LogP contribution in [0.2, 0.25) is 0 Å². The molecule has 0 aliphatic heterocycles. The lowest BCUT2D eigenvalue weighted by atomic mass is 9.96. The molecule has 0 bridgehead atoms. The second-order valence-corrected chi connectivity index (χ2v) is 6.36. The zero-order chi connectivity index (χ0) is 19.9. The van der Waals surface area contributed by atoms with E-state index in [0.29, 0.717) is 29.3 Å². The van der Waals surface area contributed by atoms with E-state index in [-0.39, 0.29) is 13.2 Å². The molecular weight excluding hydrogens is 356 g/mol. The molecule has 2 N–H and O–H groups in total. The highest BCUT2D eigenvalue weighted by Gasteiger charge is 2.21. The van der Waals surface area contributed by atoms with E-state index in [9.17, 15) is 15.0 Å². The molecule has 28 heavy (non-hydrogen) atoms. The van der Waals surface area contributed by atoms with Crippen LogP contribution in [0.1, 0.15) is 36.1 Å². The lowest BCUT2D eigenvalue weighted by molar-refractivity contribution is -0.138. The predicted octanol–water partition coefficient (Wildman–Crippen LogP) is 3.79. The van der Waals surface area contributed by atoms with Crippen LogP contribution < -0.4 is 4.74 Å². The highest BCUT2D eigenvalue weighted by Crippen LogP contribution is 2.29. The summed E-state index contributed by atoms with van der Waals surface area (Å²) in [4.78, 5) is 20.3. The van der Waals surface area contributed by atoms with Gasteiger partial charge in [-0.2, -0.15) is 0 Å². The summed E-state index contributed by atoms with van der Waals surface area (Å²) in [5.74, 6) is -0.397. The molecule has 0 radical (unpaired) electrons. The Hall–Kier alpha value is -3.25. The van der Waals surface area contributed by atoms with E-state index in [4.69, 9.17) is 4.74 Å². The quantitative estimate of drug-likeness (QED) is 0.619. The van der Waals surface area contributed by atoms with Crippen molar-refractivity contribution in [3.63, 3.8) is 0 Å². The van der Waals surface area contributed by atoms with Gasteiger partial charge < -0.3 is 14.9 Å². The first-order chi connectivity index (χ1) is 13.6. The number of hydrogen-bond acceptors (Lipinski definition) is 5. The van der Waals surface area contributed by atoms with Crippen LogP contribution in [0, 0.1) is 0 Å². The van der Waals surface area contributed by atoms with Gasteiger partial charge in [0.1, 0.15) is 12.4 Å². The fourth-order valence-electron chi connectivity index (χ4n) is 3.00. The monoisotopic (exact) mass is 378 g/mol. The van der Waals surface area contributed by atoms with Crippen molar-refractivity contribution in [3.8, 4) is 17.1 Å². The Bertz CT molecular complexity index is 959. The molecule has 0 amide bonds. The first-order valence-corrected chi connectivity index (χ1v) is 9.09. The van der Waals surface area contributed by atoms with Crippen molar-refractivity contribution in [1.82, 2.24) is 9.97 Å². The fourth-order valence-corrected chi connectivity index (χ4v) is 3.00. The number of rotatable bonds is 8. The number of para-hydroxylation sites is 1. The van der Waals surface area contributed by atoms with Crippen LogP contribution in [-0.2, 0) is 18.0 Å². The summed E-state index contributed by atoms with van der Waals surface area (Å²) < 4.78 is 5.90. The van der Waals surface area contributed by atoms with Gasteiger partial charge in [-0.05, 0) is 30.2 Å². The van der Waals surface area contributed by atoms with Crippen LogP contribution in [0.25, 0.3) is 11.4 Å². The molecule has 0 spiro atoms. The summed E-state index contributed by atoms with van der Waals surface area (Å²) in [5.41, 5.74) is 2.93. The van der Waals surface area contributed by atoms with Crippen molar-refractivity contribution in [3.05, 3.63) is 77.6 Å². The molecule has 3 rings (SSSR count). The van der Waals surface area contributed by atoms with E-state index in [1.807, 2.05) is 43.3 Å². The molecule has 0 fully saturated rings. The second kappa shape index (κ2) is 9.10. The number of benzene rings is 2. The molecule has 1 atom stereocenters. The Morgan fingerprint density at radius 3 is 2.71 bits per heavy atom. The summed E-state index contributed by atoms with van der Waals surface area (Å²) in [6.45, 7) is 1.99. The maximum absolute atomic E-state index is 11.5. The van der Waals surface area contributed by atoms with E-state index < -0.39 is 11.9 Å². The molecule has 1 heterocycles. The first kappa shape index (κ1) is 19.5. The third-order valence-electron chi connectivity index (χ3n) is 4.46. The van der Waals surface area contributed by atoms with Gasteiger partial charge in [-0.1, -0.05) is 43.3 Å². The minimum Gasteiger partial charge on any atom is -0.487 e. The largest absolute Gasteiger partial charge is 0.487 e. The highest BCUT2D eigenvalue weighted by atomic mass is 16.5. The maximum Gasteiger partial charge on any atom is 0.311 e. The van der Waals surface area contributed by atoms with Gasteiger partial charge in [-0.15, -0.1) is 0 Å². The number of ether oxygens (including phenoxy) is 1. The predicted molar refractivity (Wildman–Crippen MR) is 105 cm³/mol. The molecule has 0 aliphatic carbocycles. The van der Waals surface area contributed by atoms with Crippen LogP contribution in [-0.4, -0.2) is 26.2 Å². The summed E-state index contributed by atoms with van der Waals surface area (Å²) in [6.07, 6.45) is 2.14. The molecule has 6 nitrogen and oxygen atoms in total. The average molecular weight is 378 g/mol. The molecule has 0 saturated heterocycles. The molecule has 2 aromatic carbocycles. The average Bonchev–Trinajstić information content (AvgIpc) is 2.73. The van der Waals surface area contributed by atoms with Gasteiger partial charge in [0.15, 0.2) is 5.82 Å². The van der Waals surface area contributed by atoms with Gasteiger partial charge in [0.2, 0.25) is 0 Å². The summed E-state index contributed by atoms with van der Waals surface area (Å²) >= 11 is 0. The third kappa shape index (κ3) is 4.53. The number of carboxylic acid groups (broad SMARTS) is 1. The molecule has 0 aliphatic rings. The lowest BCUT2D eigenvalue weighted by Crippen LogP contribution is -2.12. The topological polar surface area (TPSA) is 92.5 Å². The zero-order valence-electron chi connectivity index (χ0n) is 15.6. The number of carbonyl (C=O) groups is 1. The number of aliphatic hydroxyl groups is 1. The van der Waals surface area contributed by atoms with Crippen LogP contribution >= 0.6 is 0 Å². The van der Waals surface area contributed by atoms with Crippen molar-refractivity contribution in [2.24, 2.45) is 0 Å². The number of aliphatic carboxylic acids is 1. The van der Waals surface area contributed by atoms with Crippen LogP contribution in [0.3, 0.4) is 0 Å². The molecule has 1 aromatic heterocycles. The number of aliphatic hydroxyl groups excluding tert-OH is 1. The maximum atomic E-state index is 11.5. The van der Waals surface area contributed by atoms with Crippen molar-refractivity contribution < 1.29 is 19.7 Å². The summed E-state index contributed by atoms with van der Waals surface area (Å²) in [7, 11) is 0. The van der Waals surface area contributed by atoms with Gasteiger partial charge >= 0.3 is 5.97 Å². The minimum absolute atomic E-state index is 0.0460. The number of hydrogen-bond donors (Lipinski definition) is 2. The van der Waals surface area contributed by atoms with Gasteiger partial charge in [0.05, 0.1) is 18.2 Å². The van der Waals surface area contributed by atoms with E-state index >= 15 is 0 Å². The van der Waals surface area contributed by atoms with Gasteiger partial charge in [0.25, 0.3) is 0 Å². The van der Waals surface area contributed by atoms with Crippen molar-refractivity contribution in [2.75, 3.05) is 0 Å². The standard InChI is InChI=1S/C22H22N2O4/c1-2-18(22(26)27)19-8-3-4-9-20(19)28-14-17-10-11-23-21(24-17)16-7-5-6-15(12-16)13-25/h3-12,18,25H,2,13-14H2,1H3,(H,26,27). The van der Waals surface area contributed by atoms with E-state index in [2.05, 4.69) is 9.97 Å². The Morgan fingerprint density at radius 1 is 1.14 bits per heavy atom. The Kier molecular flexibility index (Phi) is 6.34. The normalized spacial score (nSPS) is 11.8. The molecule has 144 valence electrons.